The highest BCUT2D eigenvalue weighted by Crippen LogP contribution is 2.36. The molecule has 1 unspecified atom stereocenters. The van der Waals surface area contributed by atoms with Crippen molar-refractivity contribution < 1.29 is 36.9 Å². The number of hydrogen-bond acceptors (Lipinski definition) is 5. The number of carbonyl (C=O) groups is 1. The standard InChI is InChI=1S/C21H20ClF3O5/c22-18-12-14(21(23,24)25)3-8-19(18)30-16-6-4-15(5-7-16)28-11-9-20(26)29-13-17-2-1-10-27-17/h3-8,12,17H,1-2,9-11,13H2. The van der Waals surface area contributed by atoms with Crippen LogP contribution in [-0.4, -0.2) is 31.9 Å². The predicted octanol–water partition coefficient (Wildman–Crippen LogP) is 5.64. The van der Waals surface area contributed by atoms with Gasteiger partial charge in [-0.1, -0.05) is 11.6 Å². The van der Waals surface area contributed by atoms with Crippen LogP contribution in [0, 0.1) is 0 Å². The molecule has 1 fully saturated rings. The first-order chi connectivity index (χ1) is 14.3. The Kier molecular flexibility index (Phi) is 7.44. The summed E-state index contributed by atoms with van der Waals surface area (Å²) >= 11 is 5.88. The molecule has 5 nitrogen and oxygen atoms in total. The molecule has 1 heterocycles. The van der Waals surface area contributed by atoms with Crippen molar-refractivity contribution in [3.63, 3.8) is 0 Å². The Labute approximate surface area is 176 Å². The van der Waals surface area contributed by atoms with Gasteiger partial charge in [0, 0.05) is 6.61 Å². The van der Waals surface area contributed by atoms with Gasteiger partial charge in [-0.3, -0.25) is 4.79 Å². The third-order valence-corrected chi connectivity index (χ3v) is 4.64. The van der Waals surface area contributed by atoms with E-state index in [0.29, 0.717) is 18.1 Å². The zero-order valence-corrected chi connectivity index (χ0v) is 16.7. The lowest BCUT2D eigenvalue weighted by atomic mass is 10.2. The zero-order chi connectivity index (χ0) is 21.6. The molecular formula is C21H20ClF3O5. The van der Waals surface area contributed by atoms with Gasteiger partial charge >= 0.3 is 12.1 Å². The van der Waals surface area contributed by atoms with Crippen LogP contribution in [0.3, 0.4) is 0 Å². The van der Waals surface area contributed by atoms with Crippen molar-refractivity contribution in [3.8, 4) is 17.2 Å². The van der Waals surface area contributed by atoms with Crippen LogP contribution in [0.4, 0.5) is 13.2 Å². The lowest BCUT2D eigenvalue weighted by Crippen LogP contribution is -2.19. The molecule has 1 aliphatic rings. The predicted molar refractivity (Wildman–Crippen MR) is 103 cm³/mol. The monoisotopic (exact) mass is 444 g/mol. The molecule has 0 saturated carbocycles. The fourth-order valence-corrected chi connectivity index (χ4v) is 3.00. The van der Waals surface area contributed by atoms with E-state index in [1.54, 1.807) is 24.3 Å². The lowest BCUT2D eigenvalue weighted by molar-refractivity contribution is -0.147. The van der Waals surface area contributed by atoms with E-state index in [2.05, 4.69) is 0 Å². The van der Waals surface area contributed by atoms with Gasteiger partial charge in [-0.05, 0) is 55.3 Å². The summed E-state index contributed by atoms with van der Waals surface area (Å²) in [5.41, 5.74) is -0.849. The average Bonchev–Trinajstić information content (AvgIpc) is 3.22. The normalized spacial score (nSPS) is 16.3. The molecule has 30 heavy (non-hydrogen) atoms. The van der Waals surface area contributed by atoms with Gasteiger partial charge < -0.3 is 18.9 Å². The van der Waals surface area contributed by atoms with Crippen LogP contribution in [0.5, 0.6) is 17.2 Å². The molecule has 0 N–H and O–H groups in total. The number of benzene rings is 2. The summed E-state index contributed by atoms with van der Waals surface area (Å²) in [5, 5.41) is -0.147. The van der Waals surface area contributed by atoms with Crippen LogP contribution in [-0.2, 0) is 20.4 Å². The molecule has 2 aromatic carbocycles. The van der Waals surface area contributed by atoms with Crippen LogP contribution in [0.25, 0.3) is 0 Å². The van der Waals surface area contributed by atoms with Crippen LogP contribution in [0.15, 0.2) is 42.5 Å². The molecule has 162 valence electrons. The summed E-state index contributed by atoms with van der Waals surface area (Å²) in [6.07, 6.45) is -2.50. The largest absolute Gasteiger partial charge is 0.493 e. The number of halogens is 4. The molecule has 9 heteroatoms. The number of ether oxygens (including phenoxy) is 4. The van der Waals surface area contributed by atoms with Gasteiger partial charge in [0.15, 0.2) is 0 Å². The maximum absolute atomic E-state index is 12.7. The van der Waals surface area contributed by atoms with E-state index in [1.807, 2.05) is 0 Å². The summed E-state index contributed by atoms with van der Waals surface area (Å²) in [7, 11) is 0. The third-order valence-electron chi connectivity index (χ3n) is 4.34. The molecular weight excluding hydrogens is 425 g/mol. The Morgan fingerprint density at radius 3 is 2.50 bits per heavy atom. The van der Waals surface area contributed by atoms with E-state index < -0.39 is 11.7 Å². The van der Waals surface area contributed by atoms with E-state index in [9.17, 15) is 18.0 Å². The molecule has 0 amide bonds. The molecule has 0 aliphatic carbocycles. The van der Waals surface area contributed by atoms with Gasteiger partial charge in [-0.15, -0.1) is 0 Å². The van der Waals surface area contributed by atoms with Crippen molar-refractivity contribution in [2.24, 2.45) is 0 Å². The Hall–Kier alpha value is -2.45. The maximum atomic E-state index is 12.7. The van der Waals surface area contributed by atoms with E-state index in [4.69, 9.17) is 30.5 Å². The molecule has 1 aliphatic heterocycles. The van der Waals surface area contributed by atoms with Gasteiger partial charge in [0.2, 0.25) is 0 Å². The second kappa shape index (κ2) is 10.0. The van der Waals surface area contributed by atoms with Crippen molar-refractivity contribution in [1.82, 2.24) is 0 Å². The van der Waals surface area contributed by atoms with Crippen molar-refractivity contribution in [2.45, 2.75) is 31.5 Å². The molecule has 3 rings (SSSR count). The maximum Gasteiger partial charge on any atom is 0.416 e. The second-order valence-electron chi connectivity index (χ2n) is 6.63. The van der Waals surface area contributed by atoms with Crippen molar-refractivity contribution in [2.75, 3.05) is 19.8 Å². The molecule has 0 aromatic heterocycles. The smallest absolute Gasteiger partial charge is 0.416 e. The van der Waals surface area contributed by atoms with E-state index in [0.717, 1.165) is 31.0 Å². The summed E-state index contributed by atoms with van der Waals surface area (Å²) < 4.78 is 59.6. The lowest BCUT2D eigenvalue weighted by Gasteiger charge is -2.12. The number of carbonyl (C=O) groups excluding carboxylic acids is 1. The van der Waals surface area contributed by atoms with Crippen LogP contribution >= 0.6 is 11.6 Å². The zero-order valence-electron chi connectivity index (χ0n) is 15.9. The summed E-state index contributed by atoms with van der Waals surface area (Å²) in [6, 6.07) is 9.27. The van der Waals surface area contributed by atoms with Crippen LogP contribution in [0.1, 0.15) is 24.8 Å². The second-order valence-corrected chi connectivity index (χ2v) is 7.04. The number of rotatable bonds is 8. The summed E-state index contributed by atoms with van der Waals surface area (Å²) in [6.45, 7) is 1.11. The summed E-state index contributed by atoms with van der Waals surface area (Å²) in [5.74, 6) is 0.627. The number of hydrogen-bond donors (Lipinski definition) is 0. The fraction of sp³-hybridized carbons (Fsp3) is 0.381. The molecule has 2 aromatic rings. The summed E-state index contributed by atoms with van der Waals surface area (Å²) in [4.78, 5) is 11.7. The quantitative estimate of drug-likeness (QED) is 0.493. The minimum atomic E-state index is -4.47. The van der Waals surface area contributed by atoms with Crippen LogP contribution in [0.2, 0.25) is 5.02 Å². The molecule has 1 atom stereocenters. The van der Waals surface area contributed by atoms with E-state index in [-0.39, 0.29) is 42.5 Å². The SMILES string of the molecule is O=C(CCOc1ccc(Oc2ccc(C(F)(F)F)cc2Cl)cc1)OCC1CCCO1. The average molecular weight is 445 g/mol. The fourth-order valence-electron chi connectivity index (χ4n) is 2.78. The van der Waals surface area contributed by atoms with Crippen molar-refractivity contribution in [3.05, 3.63) is 53.1 Å². The minimum Gasteiger partial charge on any atom is -0.493 e. The minimum absolute atomic E-state index is 0.0134. The van der Waals surface area contributed by atoms with E-state index in [1.165, 1.54) is 0 Å². The Morgan fingerprint density at radius 1 is 1.13 bits per heavy atom. The van der Waals surface area contributed by atoms with Crippen molar-refractivity contribution >= 4 is 17.6 Å². The molecule has 1 saturated heterocycles. The molecule has 0 radical (unpaired) electrons. The van der Waals surface area contributed by atoms with Crippen molar-refractivity contribution in [1.29, 1.82) is 0 Å². The van der Waals surface area contributed by atoms with Gasteiger partial charge in [0.05, 0.1) is 29.7 Å². The third kappa shape index (κ3) is 6.53. The van der Waals surface area contributed by atoms with Gasteiger partial charge in [0.25, 0.3) is 0 Å². The van der Waals surface area contributed by atoms with E-state index >= 15 is 0 Å². The number of alkyl halides is 3. The van der Waals surface area contributed by atoms with Gasteiger partial charge in [0.1, 0.15) is 23.9 Å². The topological polar surface area (TPSA) is 54.0 Å². The first-order valence-electron chi connectivity index (χ1n) is 9.36. The highest BCUT2D eigenvalue weighted by Gasteiger charge is 2.31. The van der Waals surface area contributed by atoms with Gasteiger partial charge in [-0.25, -0.2) is 0 Å². The number of esters is 1. The Morgan fingerprint density at radius 2 is 1.87 bits per heavy atom. The highest BCUT2D eigenvalue weighted by atomic mass is 35.5. The first kappa shape index (κ1) is 22.2. The van der Waals surface area contributed by atoms with Crippen LogP contribution < -0.4 is 9.47 Å². The Balaban J connectivity index is 1.44. The highest BCUT2D eigenvalue weighted by molar-refractivity contribution is 6.32. The molecule has 0 spiro atoms. The van der Waals surface area contributed by atoms with Gasteiger partial charge in [-0.2, -0.15) is 13.2 Å². The first-order valence-corrected chi connectivity index (χ1v) is 9.74. The Bertz CT molecular complexity index is 849. The molecule has 0 bridgehead atoms.